The standard InChI is InChI=1S/C20H19F3N2O7/c21-20(22,23)16-10-4-3-9(25-12(7-26)17(29)18(30)13(28)8-27)6-14(10)32-19(31)15(16)11-2-1-5-24-11/h1-7,12-13,17-18,24-25,27-30H,8H2/t12-,13+,17+,18+/m0/s1. The molecule has 3 aromatic rings. The molecule has 0 fully saturated rings. The number of anilines is 1. The number of aliphatic hydroxyl groups excluding tert-OH is 4. The van der Waals surface area contributed by atoms with Crippen LogP contribution in [-0.4, -0.2) is 62.7 Å². The maximum absolute atomic E-state index is 13.9. The molecule has 0 bridgehead atoms. The molecule has 0 aliphatic carbocycles. The fourth-order valence-corrected chi connectivity index (χ4v) is 3.26. The van der Waals surface area contributed by atoms with E-state index in [1.807, 2.05) is 0 Å². The third kappa shape index (κ3) is 4.53. The summed E-state index contributed by atoms with van der Waals surface area (Å²) in [4.78, 5) is 26.3. The Kier molecular flexibility index (Phi) is 6.69. The van der Waals surface area contributed by atoms with E-state index in [1.165, 1.54) is 18.3 Å². The summed E-state index contributed by atoms with van der Waals surface area (Å²) in [6.45, 7) is -0.881. The second-order valence-corrected chi connectivity index (χ2v) is 6.97. The molecule has 1 aromatic carbocycles. The maximum Gasteiger partial charge on any atom is 0.418 e. The second kappa shape index (κ2) is 9.12. The summed E-state index contributed by atoms with van der Waals surface area (Å²) in [5.41, 5.74) is -3.64. The Labute approximate surface area is 177 Å². The molecule has 12 heteroatoms. The molecular weight excluding hydrogens is 437 g/mol. The molecule has 3 rings (SSSR count). The number of hydrogen-bond donors (Lipinski definition) is 6. The first-order valence-corrected chi connectivity index (χ1v) is 9.27. The van der Waals surface area contributed by atoms with Crippen LogP contribution in [0, 0.1) is 0 Å². The number of nitrogens with one attached hydrogen (secondary N) is 2. The predicted octanol–water partition coefficient (Wildman–Crippen LogP) is 0.861. The van der Waals surface area contributed by atoms with Gasteiger partial charge < -0.3 is 39.9 Å². The first kappa shape index (κ1) is 23.5. The van der Waals surface area contributed by atoms with Gasteiger partial charge in [-0.3, -0.25) is 0 Å². The van der Waals surface area contributed by atoms with Crippen LogP contribution < -0.4 is 10.9 Å². The van der Waals surface area contributed by atoms with Gasteiger partial charge >= 0.3 is 11.8 Å². The van der Waals surface area contributed by atoms with Crippen molar-refractivity contribution in [1.82, 2.24) is 4.98 Å². The van der Waals surface area contributed by atoms with Crippen LogP contribution in [0.25, 0.3) is 22.2 Å². The third-order valence-corrected chi connectivity index (χ3v) is 4.84. The highest BCUT2D eigenvalue weighted by atomic mass is 19.4. The molecule has 0 saturated heterocycles. The number of H-pyrrole nitrogens is 1. The van der Waals surface area contributed by atoms with E-state index < -0.39 is 64.9 Å². The van der Waals surface area contributed by atoms with Crippen LogP contribution in [0.15, 0.2) is 45.7 Å². The van der Waals surface area contributed by atoms with Crippen LogP contribution in [-0.2, 0) is 11.0 Å². The first-order valence-electron chi connectivity index (χ1n) is 9.27. The van der Waals surface area contributed by atoms with E-state index in [-0.39, 0.29) is 17.7 Å². The summed E-state index contributed by atoms with van der Waals surface area (Å²) < 4.78 is 46.7. The van der Waals surface area contributed by atoms with Gasteiger partial charge in [0, 0.05) is 23.3 Å². The Morgan fingerprint density at radius 3 is 2.44 bits per heavy atom. The number of benzene rings is 1. The lowest BCUT2D eigenvalue weighted by atomic mass is 10.00. The molecule has 0 spiro atoms. The zero-order valence-electron chi connectivity index (χ0n) is 16.2. The van der Waals surface area contributed by atoms with Crippen molar-refractivity contribution in [2.45, 2.75) is 30.5 Å². The Balaban J connectivity index is 2.05. The second-order valence-electron chi connectivity index (χ2n) is 6.97. The monoisotopic (exact) mass is 456 g/mol. The molecule has 6 N–H and O–H groups in total. The van der Waals surface area contributed by atoms with Crippen molar-refractivity contribution in [3.63, 3.8) is 0 Å². The van der Waals surface area contributed by atoms with Crippen molar-refractivity contribution >= 4 is 22.9 Å². The Hall–Kier alpha value is -3.19. The van der Waals surface area contributed by atoms with Gasteiger partial charge in [0.2, 0.25) is 0 Å². The highest BCUT2D eigenvalue weighted by Crippen LogP contribution is 2.40. The molecule has 2 aromatic heterocycles. The van der Waals surface area contributed by atoms with Crippen molar-refractivity contribution in [3.05, 3.63) is 52.5 Å². The number of carbonyl (C=O) groups excluding carboxylic acids is 1. The van der Waals surface area contributed by atoms with Gasteiger partial charge in [0.1, 0.15) is 36.2 Å². The van der Waals surface area contributed by atoms with Crippen molar-refractivity contribution in [2.75, 3.05) is 11.9 Å². The summed E-state index contributed by atoms with van der Waals surface area (Å²) in [7, 11) is 0. The van der Waals surface area contributed by atoms with E-state index in [1.54, 1.807) is 0 Å². The molecule has 0 saturated carbocycles. The molecule has 0 aliphatic rings. The Morgan fingerprint density at radius 1 is 1.16 bits per heavy atom. The first-order chi connectivity index (χ1) is 15.1. The summed E-state index contributed by atoms with van der Waals surface area (Å²) >= 11 is 0. The van der Waals surface area contributed by atoms with Gasteiger partial charge in [0.25, 0.3) is 0 Å². The molecule has 9 nitrogen and oxygen atoms in total. The summed E-state index contributed by atoms with van der Waals surface area (Å²) in [6, 6.07) is 4.44. The number of aromatic amines is 1. The number of alkyl halides is 3. The number of hydrogen-bond acceptors (Lipinski definition) is 8. The molecule has 2 heterocycles. The van der Waals surface area contributed by atoms with Gasteiger partial charge in [0.15, 0.2) is 0 Å². The molecule has 4 atom stereocenters. The van der Waals surface area contributed by atoms with Crippen LogP contribution in [0.3, 0.4) is 0 Å². The zero-order chi connectivity index (χ0) is 23.6. The van der Waals surface area contributed by atoms with E-state index in [0.29, 0.717) is 0 Å². The average Bonchev–Trinajstić information content (AvgIpc) is 3.28. The van der Waals surface area contributed by atoms with Gasteiger partial charge in [0.05, 0.1) is 23.4 Å². The molecule has 0 aliphatic heterocycles. The van der Waals surface area contributed by atoms with E-state index in [4.69, 9.17) is 9.52 Å². The molecular formula is C20H19F3N2O7. The van der Waals surface area contributed by atoms with E-state index >= 15 is 0 Å². The van der Waals surface area contributed by atoms with Gasteiger partial charge in [-0.05, 0) is 24.3 Å². The van der Waals surface area contributed by atoms with Crippen molar-refractivity contribution in [2.24, 2.45) is 0 Å². The van der Waals surface area contributed by atoms with Crippen molar-refractivity contribution in [1.29, 1.82) is 0 Å². The smallest absolute Gasteiger partial charge is 0.418 e. The van der Waals surface area contributed by atoms with Crippen LogP contribution in [0.5, 0.6) is 0 Å². The van der Waals surface area contributed by atoms with Crippen LogP contribution in [0.2, 0.25) is 0 Å². The van der Waals surface area contributed by atoms with E-state index in [0.717, 1.165) is 18.2 Å². The SMILES string of the molecule is O=C[C@H](Nc1ccc2c(C(F)(F)F)c(-c3ccc[nH]3)c(=O)oc2c1)[C@@H](O)[C@H](O)[C@H](O)CO. The molecule has 0 radical (unpaired) electrons. The fourth-order valence-electron chi connectivity index (χ4n) is 3.26. The number of aldehydes is 1. The number of fused-ring (bicyclic) bond motifs is 1. The van der Waals surface area contributed by atoms with Gasteiger partial charge in [-0.15, -0.1) is 0 Å². The number of aliphatic hydroxyl groups is 4. The Bertz CT molecular complexity index is 1140. The topological polar surface area (TPSA) is 156 Å². The summed E-state index contributed by atoms with van der Waals surface area (Å²) in [6.07, 6.45) is -8.81. The largest absolute Gasteiger partial charge is 0.422 e. The van der Waals surface area contributed by atoms with Crippen LogP contribution in [0.1, 0.15) is 5.56 Å². The van der Waals surface area contributed by atoms with E-state index in [2.05, 4.69) is 10.3 Å². The number of carbonyl (C=O) groups is 1. The number of rotatable bonds is 8. The van der Waals surface area contributed by atoms with Crippen molar-refractivity contribution in [3.8, 4) is 11.3 Å². The molecule has 0 unspecified atom stereocenters. The highest BCUT2D eigenvalue weighted by molar-refractivity contribution is 5.89. The Morgan fingerprint density at radius 2 is 1.88 bits per heavy atom. The minimum absolute atomic E-state index is 0.0109. The van der Waals surface area contributed by atoms with E-state index in [9.17, 15) is 38.1 Å². The number of aromatic nitrogens is 1. The predicted molar refractivity (Wildman–Crippen MR) is 106 cm³/mol. The van der Waals surface area contributed by atoms with Crippen molar-refractivity contribution < 1.29 is 42.8 Å². The number of halogens is 3. The van der Waals surface area contributed by atoms with Gasteiger partial charge in [-0.2, -0.15) is 13.2 Å². The lowest BCUT2D eigenvalue weighted by molar-refractivity contribution is -0.136. The molecule has 172 valence electrons. The van der Waals surface area contributed by atoms with Gasteiger partial charge in [-0.25, -0.2) is 4.79 Å². The quantitative estimate of drug-likeness (QED) is 0.215. The van der Waals surface area contributed by atoms with Crippen LogP contribution >= 0.6 is 0 Å². The normalized spacial score (nSPS) is 15.8. The molecule has 0 amide bonds. The summed E-state index contributed by atoms with van der Waals surface area (Å²) in [5, 5.41) is 40.2. The summed E-state index contributed by atoms with van der Waals surface area (Å²) in [5.74, 6) is 0. The minimum atomic E-state index is -4.89. The third-order valence-electron chi connectivity index (χ3n) is 4.84. The fraction of sp³-hybridized carbons (Fsp3) is 0.300. The minimum Gasteiger partial charge on any atom is -0.422 e. The lowest BCUT2D eigenvalue weighted by Crippen LogP contribution is -2.49. The van der Waals surface area contributed by atoms with Crippen LogP contribution in [0.4, 0.5) is 18.9 Å². The lowest BCUT2D eigenvalue weighted by Gasteiger charge is -2.27. The van der Waals surface area contributed by atoms with Gasteiger partial charge in [-0.1, -0.05) is 0 Å². The molecule has 32 heavy (non-hydrogen) atoms. The average molecular weight is 456 g/mol. The maximum atomic E-state index is 13.9. The zero-order valence-corrected chi connectivity index (χ0v) is 16.2. The highest BCUT2D eigenvalue weighted by Gasteiger charge is 2.38.